The minimum absolute atomic E-state index is 0.0482. The molecule has 1 aliphatic heterocycles. The first kappa shape index (κ1) is 15.2. The molecule has 1 amide bonds. The second kappa shape index (κ2) is 6.52. The molecule has 2 heterocycles. The standard InChI is InChI=1S/C14H20ClN3O2/c1-18(2)14(4-7-20-8-5-14)10-17-13(19)11-3-6-16-9-12(11)15/h3,6,9H,4-5,7-8,10H2,1-2H3,(H,17,19). The second-order valence-electron chi connectivity index (χ2n) is 5.27. The zero-order chi connectivity index (χ0) is 14.6. The lowest BCUT2D eigenvalue weighted by molar-refractivity contribution is -0.00657. The molecule has 1 aromatic rings. The van der Waals surface area contributed by atoms with E-state index in [2.05, 4.69) is 15.2 Å². The van der Waals surface area contributed by atoms with Crippen molar-refractivity contribution in [3.05, 3.63) is 29.0 Å². The molecular weight excluding hydrogens is 278 g/mol. The van der Waals surface area contributed by atoms with E-state index in [1.807, 2.05) is 14.1 Å². The third-order valence-electron chi connectivity index (χ3n) is 3.97. The third kappa shape index (κ3) is 3.29. The smallest absolute Gasteiger partial charge is 0.252 e. The van der Waals surface area contributed by atoms with Crippen molar-refractivity contribution in [1.29, 1.82) is 0 Å². The molecule has 0 radical (unpaired) electrons. The normalized spacial score (nSPS) is 18.0. The van der Waals surface area contributed by atoms with Crippen molar-refractivity contribution in [3.63, 3.8) is 0 Å². The number of carbonyl (C=O) groups excluding carboxylic acids is 1. The Morgan fingerprint density at radius 3 is 2.80 bits per heavy atom. The van der Waals surface area contributed by atoms with Gasteiger partial charge in [-0.15, -0.1) is 0 Å². The number of ether oxygens (including phenoxy) is 1. The summed E-state index contributed by atoms with van der Waals surface area (Å²) in [7, 11) is 4.08. The fourth-order valence-electron chi connectivity index (χ4n) is 2.43. The Morgan fingerprint density at radius 1 is 1.50 bits per heavy atom. The van der Waals surface area contributed by atoms with E-state index in [9.17, 15) is 4.79 Å². The molecule has 110 valence electrons. The van der Waals surface area contributed by atoms with Crippen LogP contribution in [0.2, 0.25) is 5.02 Å². The highest BCUT2D eigenvalue weighted by Gasteiger charge is 2.35. The van der Waals surface area contributed by atoms with Gasteiger partial charge in [-0.3, -0.25) is 9.78 Å². The lowest BCUT2D eigenvalue weighted by Gasteiger charge is -2.42. The van der Waals surface area contributed by atoms with Crippen LogP contribution in [0.25, 0.3) is 0 Å². The number of nitrogens with one attached hydrogen (secondary N) is 1. The highest BCUT2D eigenvalue weighted by Crippen LogP contribution is 2.25. The number of aromatic nitrogens is 1. The molecule has 0 aliphatic carbocycles. The molecule has 2 rings (SSSR count). The maximum Gasteiger partial charge on any atom is 0.252 e. The number of nitrogens with zero attached hydrogens (tertiary/aromatic N) is 2. The van der Waals surface area contributed by atoms with Gasteiger partial charge < -0.3 is 15.0 Å². The number of hydrogen-bond acceptors (Lipinski definition) is 4. The van der Waals surface area contributed by atoms with Crippen molar-refractivity contribution in [2.45, 2.75) is 18.4 Å². The summed E-state index contributed by atoms with van der Waals surface area (Å²) in [6.07, 6.45) is 4.86. The summed E-state index contributed by atoms with van der Waals surface area (Å²) in [6, 6.07) is 1.63. The van der Waals surface area contributed by atoms with Crippen LogP contribution in [-0.2, 0) is 4.74 Å². The molecule has 0 saturated carbocycles. The fourth-order valence-corrected chi connectivity index (χ4v) is 2.64. The molecule has 0 bridgehead atoms. The van der Waals surface area contributed by atoms with Crippen molar-refractivity contribution >= 4 is 17.5 Å². The monoisotopic (exact) mass is 297 g/mol. The quantitative estimate of drug-likeness (QED) is 0.917. The molecule has 1 aliphatic rings. The number of carbonyl (C=O) groups is 1. The highest BCUT2D eigenvalue weighted by molar-refractivity contribution is 6.33. The van der Waals surface area contributed by atoms with E-state index in [0.29, 0.717) is 17.1 Å². The maximum atomic E-state index is 12.2. The molecule has 0 aromatic carbocycles. The van der Waals surface area contributed by atoms with Crippen molar-refractivity contribution in [2.75, 3.05) is 33.9 Å². The average molecular weight is 298 g/mol. The van der Waals surface area contributed by atoms with Crippen LogP contribution in [0.15, 0.2) is 18.5 Å². The molecule has 0 unspecified atom stereocenters. The molecule has 1 saturated heterocycles. The third-order valence-corrected chi connectivity index (χ3v) is 4.27. The van der Waals surface area contributed by atoms with Gasteiger partial charge in [0, 0.05) is 37.7 Å². The minimum Gasteiger partial charge on any atom is -0.381 e. The van der Waals surface area contributed by atoms with Crippen LogP contribution >= 0.6 is 11.6 Å². The van der Waals surface area contributed by atoms with E-state index in [1.165, 1.54) is 6.20 Å². The van der Waals surface area contributed by atoms with Gasteiger partial charge in [0.25, 0.3) is 5.91 Å². The van der Waals surface area contributed by atoms with Gasteiger partial charge in [-0.1, -0.05) is 11.6 Å². The molecule has 20 heavy (non-hydrogen) atoms. The molecular formula is C14H20ClN3O2. The molecule has 1 aromatic heterocycles. The Hall–Kier alpha value is -1.17. The van der Waals surface area contributed by atoms with Crippen LogP contribution < -0.4 is 5.32 Å². The maximum absolute atomic E-state index is 12.2. The van der Waals surface area contributed by atoms with Crippen LogP contribution in [0.4, 0.5) is 0 Å². The van der Waals surface area contributed by atoms with Crippen LogP contribution in [-0.4, -0.2) is 55.2 Å². The SMILES string of the molecule is CN(C)C1(CNC(=O)c2ccncc2Cl)CCOCC1. The Kier molecular flexibility index (Phi) is 4.96. The molecule has 1 N–H and O–H groups in total. The van der Waals surface area contributed by atoms with E-state index < -0.39 is 0 Å². The largest absolute Gasteiger partial charge is 0.381 e. The van der Waals surface area contributed by atoms with Crippen molar-refractivity contribution in [3.8, 4) is 0 Å². The van der Waals surface area contributed by atoms with E-state index >= 15 is 0 Å². The van der Waals surface area contributed by atoms with E-state index in [1.54, 1.807) is 12.3 Å². The molecule has 5 nitrogen and oxygen atoms in total. The van der Waals surface area contributed by atoms with Crippen LogP contribution in [0.5, 0.6) is 0 Å². The minimum atomic E-state index is -0.162. The topological polar surface area (TPSA) is 54.5 Å². The van der Waals surface area contributed by atoms with Crippen LogP contribution in [0, 0.1) is 0 Å². The highest BCUT2D eigenvalue weighted by atomic mass is 35.5. The summed E-state index contributed by atoms with van der Waals surface area (Å²) in [5.41, 5.74) is 0.413. The first-order chi connectivity index (χ1) is 9.55. The summed E-state index contributed by atoms with van der Waals surface area (Å²) >= 11 is 5.98. The average Bonchev–Trinajstić information content (AvgIpc) is 2.46. The van der Waals surface area contributed by atoms with Gasteiger partial charge in [0.2, 0.25) is 0 Å². The number of amides is 1. The van der Waals surface area contributed by atoms with E-state index in [4.69, 9.17) is 16.3 Å². The Balaban J connectivity index is 2.03. The predicted octanol–water partition coefficient (Wildman–Crippen LogP) is 1.58. The van der Waals surface area contributed by atoms with E-state index in [0.717, 1.165) is 26.1 Å². The predicted molar refractivity (Wildman–Crippen MR) is 78.1 cm³/mol. The number of likely N-dealkylation sites (N-methyl/N-ethyl adjacent to an activating group) is 1. The lowest BCUT2D eigenvalue weighted by Crippen LogP contribution is -2.55. The summed E-state index contributed by atoms with van der Waals surface area (Å²) in [5, 5.41) is 3.35. The van der Waals surface area contributed by atoms with Crippen LogP contribution in [0.1, 0.15) is 23.2 Å². The van der Waals surface area contributed by atoms with Gasteiger partial charge in [-0.05, 0) is 33.0 Å². The van der Waals surface area contributed by atoms with E-state index in [-0.39, 0.29) is 11.4 Å². The zero-order valence-corrected chi connectivity index (χ0v) is 12.6. The lowest BCUT2D eigenvalue weighted by atomic mass is 9.88. The summed E-state index contributed by atoms with van der Waals surface area (Å²) < 4.78 is 5.42. The van der Waals surface area contributed by atoms with Gasteiger partial charge in [0.1, 0.15) is 0 Å². The molecule has 0 atom stereocenters. The Bertz CT molecular complexity index is 473. The van der Waals surface area contributed by atoms with Gasteiger partial charge in [0.15, 0.2) is 0 Å². The molecule has 1 fully saturated rings. The number of hydrogen-bond donors (Lipinski definition) is 1. The second-order valence-corrected chi connectivity index (χ2v) is 5.68. The number of pyridine rings is 1. The fraction of sp³-hybridized carbons (Fsp3) is 0.571. The first-order valence-electron chi connectivity index (χ1n) is 6.68. The molecule has 6 heteroatoms. The first-order valence-corrected chi connectivity index (χ1v) is 7.06. The molecule has 0 spiro atoms. The van der Waals surface area contributed by atoms with Crippen molar-refractivity contribution in [1.82, 2.24) is 15.2 Å². The van der Waals surface area contributed by atoms with Crippen molar-refractivity contribution < 1.29 is 9.53 Å². The van der Waals surface area contributed by atoms with Gasteiger partial charge in [-0.2, -0.15) is 0 Å². The Morgan fingerprint density at radius 2 is 2.20 bits per heavy atom. The number of halogens is 1. The zero-order valence-electron chi connectivity index (χ0n) is 11.9. The number of rotatable bonds is 4. The summed E-state index contributed by atoms with van der Waals surface area (Å²) in [6.45, 7) is 2.04. The summed E-state index contributed by atoms with van der Waals surface area (Å²) in [4.78, 5) is 18.3. The van der Waals surface area contributed by atoms with Gasteiger partial charge in [-0.25, -0.2) is 0 Å². The van der Waals surface area contributed by atoms with Crippen molar-refractivity contribution in [2.24, 2.45) is 0 Å². The van der Waals surface area contributed by atoms with Crippen LogP contribution in [0.3, 0.4) is 0 Å². The Labute approximate surface area is 124 Å². The summed E-state index contributed by atoms with van der Waals surface area (Å²) in [5.74, 6) is -0.162. The van der Waals surface area contributed by atoms with Gasteiger partial charge >= 0.3 is 0 Å². The van der Waals surface area contributed by atoms with Gasteiger partial charge in [0.05, 0.1) is 10.6 Å².